The first kappa shape index (κ1) is 16.1. The molecule has 8 heteroatoms. The average molecular weight is 352 g/mol. The molecule has 0 saturated carbocycles. The van der Waals surface area contributed by atoms with Crippen molar-refractivity contribution in [3.63, 3.8) is 0 Å². The van der Waals surface area contributed by atoms with E-state index >= 15 is 0 Å². The van der Waals surface area contributed by atoms with Crippen LogP contribution in [-0.2, 0) is 0 Å². The second kappa shape index (κ2) is 6.83. The molecule has 0 atom stereocenters. The summed E-state index contributed by atoms with van der Waals surface area (Å²) < 4.78 is 10.8. The first-order chi connectivity index (χ1) is 12.7. The predicted octanol–water partition coefficient (Wildman–Crippen LogP) is 2.18. The van der Waals surface area contributed by atoms with E-state index in [9.17, 15) is 9.59 Å². The van der Waals surface area contributed by atoms with E-state index in [-0.39, 0.29) is 11.8 Å². The lowest BCUT2D eigenvalue weighted by Gasteiger charge is -2.33. The summed E-state index contributed by atoms with van der Waals surface area (Å²) in [5, 5.41) is 0. The van der Waals surface area contributed by atoms with E-state index in [1.807, 2.05) is 12.1 Å². The zero-order valence-corrected chi connectivity index (χ0v) is 13.9. The van der Waals surface area contributed by atoms with Gasteiger partial charge in [0, 0.05) is 32.4 Å². The highest BCUT2D eigenvalue weighted by atomic mass is 16.6. The maximum absolute atomic E-state index is 12.6. The normalized spacial score (nSPS) is 14.5. The summed E-state index contributed by atoms with van der Waals surface area (Å²) in [6.07, 6.45) is 2.63. The minimum Gasteiger partial charge on any atom is -0.432 e. The number of piperazine rings is 1. The van der Waals surface area contributed by atoms with E-state index < -0.39 is 6.09 Å². The fourth-order valence-corrected chi connectivity index (χ4v) is 2.76. The lowest BCUT2D eigenvalue weighted by molar-refractivity contribution is 0.0599. The molecule has 3 aromatic rings. The van der Waals surface area contributed by atoms with Gasteiger partial charge in [-0.1, -0.05) is 12.1 Å². The van der Waals surface area contributed by atoms with Crippen molar-refractivity contribution in [3.05, 3.63) is 54.7 Å². The molecule has 0 radical (unpaired) electrons. The molecule has 3 heterocycles. The Bertz CT molecular complexity index is 900. The average Bonchev–Trinajstić information content (AvgIpc) is 3.12. The SMILES string of the molecule is O=C(Oc1cccnc1)N1CCN(C(=O)c2nc3ccccc3o2)CC1. The fourth-order valence-electron chi connectivity index (χ4n) is 2.76. The molecule has 0 N–H and O–H groups in total. The minimum atomic E-state index is -0.452. The molecule has 2 amide bonds. The second-order valence-corrected chi connectivity index (χ2v) is 5.82. The van der Waals surface area contributed by atoms with Crippen LogP contribution in [0.2, 0.25) is 0 Å². The van der Waals surface area contributed by atoms with E-state index in [0.717, 1.165) is 0 Å². The monoisotopic (exact) mass is 352 g/mol. The molecule has 1 aromatic carbocycles. The number of rotatable bonds is 2. The Morgan fingerprint density at radius 3 is 2.50 bits per heavy atom. The molecule has 1 saturated heterocycles. The Balaban J connectivity index is 1.37. The zero-order valence-electron chi connectivity index (χ0n) is 13.9. The summed E-state index contributed by atoms with van der Waals surface area (Å²) in [7, 11) is 0. The number of aromatic nitrogens is 2. The van der Waals surface area contributed by atoms with Crippen LogP contribution in [0.4, 0.5) is 4.79 Å². The maximum Gasteiger partial charge on any atom is 0.415 e. The number of carbonyl (C=O) groups excluding carboxylic acids is 2. The summed E-state index contributed by atoms with van der Waals surface area (Å²) in [6.45, 7) is 1.54. The van der Waals surface area contributed by atoms with Crippen molar-refractivity contribution < 1.29 is 18.7 Å². The van der Waals surface area contributed by atoms with Gasteiger partial charge in [0.05, 0.1) is 6.20 Å². The third-order valence-corrected chi connectivity index (χ3v) is 4.14. The topological polar surface area (TPSA) is 88.8 Å². The van der Waals surface area contributed by atoms with Gasteiger partial charge in [0.25, 0.3) is 5.89 Å². The highest BCUT2D eigenvalue weighted by Gasteiger charge is 2.28. The highest BCUT2D eigenvalue weighted by molar-refractivity contribution is 5.92. The third-order valence-electron chi connectivity index (χ3n) is 4.14. The van der Waals surface area contributed by atoms with Crippen molar-refractivity contribution in [1.29, 1.82) is 0 Å². The summed E-state index contributed by atoms with van der Waals surface area (Å²) >= 11 is 0. The van der Waals surface area contributed by atoms with Crippen LogP contribution in [0.25, 0.3) is 11.1 Å². The van der Waals surface area contributed by atoms with Gasteiger partial charge in [-0.05, 0) is 24.3 Å². The van der Waals surface area contributed by atoms with Gasteiger partial charge in [-0.2, -0.15) is 0 Å². The van der Waals surface area contributed by atoms with Crippen molar-refractivity contribution in [2.45, 2.75) is 0 Å². The standard InChI is InChI=1S/C18H16N4O4/c23-17(16-20-14-5-1-2-6-15(14)26-16)21-8-10-22(11-9-21)18(24)25-13-4-3-7-19-12-13/h1-7,12H,8-11H2. The van der Waals surface area contributed by atoms with Gasteiger partial charge >= 0.3 is 12.0 Å². The Morgan fingerprint density at radius 1 is 1.00 bits per heavy atom. The molecule has 1 aliphatic heterocycles. The molecule has 4 rings (SSSR count). The molecular formula is C18H16N4O4. The molecule has 132 valence electrons. The van der Waals surface area contributed by atoms with Gasteiger partial charge in [0.15, 0.2) is 11.3 Å². The molecule has 0 aliphatic carbocycles. The highest BCUT2D eigenvalue weighted by Crippen LogP contribution is 2.17. The Kier molecular flexibility index (Phi) is 4.22. The van der Waals surface area contributed by atoms with E-state index in [1.54, 1.807) is 40.3 Å². The number of para-hydroxylation sites is 2. The molecule has 0 spiro atoms. The van der Waals surface area contributed by atoms with Gasteiger partial charge in [-0.15, -0.1) is 0 Å². The van der Waals surface area contributed by atoms with Crippen molar-refractivity contribution in [3.8, 4) is 5.75 Å². The quantitative estimate of drug-likeness (QED) is 0.702. The Labute approximate surface area is 149 Å². The number of nitrogens with zero attached hydrogens (tertiary/aromatic N) is 4. The number of carbonyl (C=O) groups is 2. The van der Waals surface area contributed by atoms with Crippen molar-refractivity contribution in [1.82, 2.24) is 19.8 Å². The van der Waals surface area contributed by atoms with Crippen LogP contribution < -0.4 is 4.74 Å². The van der Waals surface area contributed by atoms with Gasteiger partial charge in [0.2, 0.25) is 0 Å². The lowest BCUT2D eigenvalue weighted by atomic mass is 10.3. The molecule has 2 aromatic heterocycles. The van der Waals surface area contributed by atoms with E-state index in [4.69, 9.17) is 9.15 Å². The van der Waals surface area contributed by atoms with Gasteiger partial charge in [-0.25, -0.2) is 9.78 Å². The number of fused-ring (bicyclic) bond motifs is 1. The molecule has 1 aliphatic rings. The van der Waals surface area contributed by atoms with Gasteiger partial charge in [-0.3, -0.25) is 9.78 Å². The smallest absolute Gasteiger partial charge is 0.415 e. The van der Waals surface area contributed by atoms with Crippen LogP contribution >= 0.6 is 0 Å². The number of ether oxygens (including phenoxy) is 1. The number of hydrogen-bond acceptors (Lipinski definition) is 6. The number of amides is 2. The van der Waals surface area contributed by atoms with E-state index in [2.05, 4.69) is 9.97 Å². The fraction of sp³-hybridized carbons (Fsp3) is 0.222. The summed E-state index contributed by atoms with van der Waals surface area (Å²) in [5.41, 5.74) is 1.23. The van der Waals surface area contributed by atoms with Crippen molar-refractivity contribution >= 4 is 23.1 Å². The van der Waals surface area contributed by atoms with Crippen LogP contribution in [0, 0.1) is 0 Å². The first-order valence-corrected chi connectivity index (χ1v) is 8.22. The minimum absolute atomic E-state index is 0.0672. The molecule has 26 heavy (non-hydrogen) atoms. The summed E-state index contributed by atoms with van der Waals surface area (Å²) in [4.78, 5) is 36.1. The van der Waals surface area contributed by atoms with Crippen molar-refractivity contribution in [2.75, 3.05) is 26.2 Å². The number of benzene rings is 1. The number of pyridine rings is 1. The summed E-state index contributed by atoms with van der Waals surface area (Å²) in [6, 6.07) is 10.6. The molecule has 0 unspecified atom stereocenters. The largest absolute Gasteiger partial charge is 0.432 e. The van der Waals surface area contributed by atoms with Crippen LogP contribution in [0.3, 0.4) is 0 Å². The Hall–Kier alpha value is -3.42. The van der Waals surface area contributed by atoms with Crippen LogP contribution in [0.1, 0.15) is 10.7 Å². The molecule has 8 nitrogen and oxygen atoms in total. The Morgan fingerprint density at radius 2 is 1.77 bits per heavy atom. The lowest BCUT2D eigenvalue weighted by Crippen LogP contribution is -2.51. The van der Waals surface area contributed by atoms with E-state index in [1.165, 1.54) is 6.20 Å². The van der Waals surface area contributed by atoms with Crippen molar-refractivity contribution in [2.24, 2.45) is 0 Å². The maximum atomic E-state index is 12.6. The van der Waals surface area contributed by atoms with Crippen LogP contribution in [0.5, 0.6) is 5.75 Å². The second-order valence-electron chi connectivity index (χ2n) is 5.82. The molecule has 0 bridgehead atoms. The summed E-state index contributed by atoms with van der Waals surface area (Å²) in [5.74, 6) is 0.182. The predicted molar refractivity (Wildman–Crippen MR) is 91.7 cm³/mol. The first-order valence-electron chi connectivity index (χ1n) is 8.22. The zero-order chi connectivity index (χ0) is 17.9. The third kappa shape index (κ3) is 3.21. The van der Waals surface area contributed by atoms with Gasteiger partial charge < -0.3 is 19.0 Å². The molecule has 1 fully saturated rings. The van der Waals surface area contributed by atoms with Crippen LogP contribution in [0.15, 0.2) is 53.2 Å². The van der Waals surface area contributed by atoms with E-state index in [0.29, 0.717) is 43.0 Å². The number of oxazole rings is 1. The molecular weight excluding hydrogens is 336 g/mol. The number of hydrogen-bond donors (Lipinski definition) is 0. The van der Waals surface area contributed by atoms with Gasteiger partial charge in [0.1, 0.15) is 5.52 Å². The van der Waals surface area contributed by atoms with Crippen LogP contribution in [-0.4, -0.2) is 57.9 Å².